The normalized spacial score (nSPS) is 10.8. The summed E-state index contributed by atoms with van der Waals surface area (Å²) in [5, 5.41) is 4.31. The highest BCUT2D eigenvalue weighted by Gasteiger charge is 2.07. The molecule has 2 aromatic carbocycles. The second-order valence-corrected chi connectivity index (χ2v) is 6.29. The van der Waals surface area contributed by atoms with Gasteiger partial charge < -0.3 is 10.1 Å². The third-order valence-corrected chi connectivity index (χ3v) is 4.75. The molecule has 3 rings (SSSR count). The zero-order valence-electron chi connectivity index (χ0n) is 11.9. The maximum atomic E-state index is 5.53. The number of ether oxygens (including phenoxy) is 1. The molecule has 5 heteroatoms. The van der Waals surface area contributed by atoms with Crippen molar-refractivity contribution in [3.8, 4) is 5.75 Å². The van der Waals surface area contributed by atoms with Gasteiger partial charge in [-0.1, -0.05) is 23.5 Å². The lowest BCUT2D eigenvalue weighted by Gasteiger charge is -2.06. The Morgan fingerprint density at radius 2 is 2.10 bits per heavy atom. The van der Waals surface area contributed by atoms with Crippen molar-refractivity contribution in [1.29, 1.82) is 0 Å². The molecule has 21 heavy (non-hydrogen) atoms. The highest BCUT2D eigenvalue weighted by Crippen LogP contribution is 2.33. The maximum Gasteiger partial charge on any atom is 0.188 e. The molecule has 0 aliphatic heterocycles. The van der Waals surface area contributed by atoms with E-state index in [-0.39, 0.29) is 0 Å². The number of thioether (sulfide) groups is 1. The van der Waals surface area contributed by atoms with Crippen molar-refractivity contribution in [2.75, 3.05) is 18.2 Å². The number of nitrogens with one attached hydrogen (secondary N) is 1. The second-order valence-electron chi connectivity index (χ2n) is 4.41. The number of benzene rings is 2. The molecule has 0 amide bonds. The minimum absolute atomic E-state index is 0.677. The highest BCUT2D eigenvalue weighted by atomic mass is 32.2. The van der Waals surface area contributed by atoms with Crippen LogP contribution in [0.1, 0.15) is 6.92 Å². The first kappa shape index (κ1) is 14.2. The minimum atomic E-state index is 0.677. The fourth-order valence-corrected chi connectivity index (χ4v) is 3.54. The van der Waals surface area contributed by atoms with Crippen LogP contribution in [-0.2, 0) is 0 Å². The third-order valence-electron chi connectivity index (χ3n) is 3.02. The van der Waals surface area contributed by atoms with Gasteiger partial charge >= 0.3 is 0 Å². The second kappa shape index (κ2) is 6.37. The van der Waals surface area contributed by atoms with Crippen LogP contribution in [0.5, 0.6) is 5.75 Å². The summed E-state index contributed by atoms with van der Waals surface area (Å²) in [7, 11) is 0. The number of anilines is 2. The number of para-hydroxylation sites is 1. The van der Waals surface area contributed by atoms with Gasteiger partial charge in [-0.05, 0) is 43.5 Å². The molecule has 0 saturated carbocycles. The van der Waals surface area contributed by atoms with E-state index in [1.165, 1.54) is 4.90 Å². The smallest absolute Gasteiger partial charge is 0.188 e. The number of thiazole rings is 1. The van der Waals surface area contributed by atoms with E-state index in [9.17, 15) is 0 Å². The van der Waals surface area contributed by atoms with Crippen molar-refractivity contribution in [3.05, 3.63) is 42.5 Å². The molecule has 0 aliphatic carbocycles. The molecule has 1 N–H and O–H groups in total. The van der Waals surface area contributed by atoms with Gasteiger partial charge in [0.1, 0.15) is 5.75 Å². The largest absolute Gasteiger partial charge is 0.494 e. The maximum absolute atomic E-state index is 5.53. The van der Waals surface area contributed by atoms with Crippen LogP contribution >= 0.6 is 23.1 Å². The number of aromatic nitrogens is 1. The van der Waals surface area contributed by atoms with Gasteiger partial charge in [0, 0.05) is 4.90 Å². The summed E-state index contributed by atoms with van der Waals surface area (Å²) in [6.07, 6.45) is 2.08. The Balaban J connectivity index is 1.90. The Kier molecular flexibility index (Phi) is 4.31. The van der Waals surface area contributed by atoms with Gasteiger partial charge in [-0.2, -0.15) is 0 Å². The minimum Gasteiger partial charge on any atom is -0.494 e. The average molecular weight is 316 g/mol. The van der Waals surface area contributed by atoms with Crippen LogP contribution in [0.3, 0.4) is 0 Å². The average Bonchev–Trinajstić information content (AvgIpc) is 2.89. The molecule has 1 heterocycles. The van der Waals surface area contributed by atoms with Crippen LogP contribution in [0.15, 0.2) is 47.4 Å². The molecule has 108 valence electrons. The van der Waals surface area contributed by atoms with Crippen molar-refractivity contribution in [2.45, 2.75) is 11.8 Å². The Hall–Kier alpha value is -1.72. The molecule has 3 aromatic rings. The van der Waals surface area contributed by atoms with Gasteiger partial charge in [0.15, 0.2) is 5.13 Å². The van der Waals surface area contributed by atoms with Crippen LogP contribution in [0.2, 0.25) is 0 Å². The van der Waals surface area contributed by atoms with Crippen LogP contribution in [0.4, 0.5) is 10.8 Å². The Morgan fingerprint density at radius 3 is 2.90 bits per heavy atom. The van der Waals surface area contributed by atoms with Gasteiger partial charge in [0.05, 0.1) is 22.5 Å². The zero-order chi connectivity index (χ0) is 14.7. The molecule has 0 aliphatic rings. The quantitative estimate of drug-likeness (QED) is 0.659. The molecule has 0 fully saturated rings. The van der Waals surface area contributed by atoms with Crippen LogP contribution in [-0.4, -0.2) is 17.8 Å². The van der Waals surface area contributed by atoms with Gasteiger partial charge in [0.2, 0.25) is 0 Å². The summed E-state index contributed by atoms with van der Waals surface area (Å²) in [5.74, 6) is 0.893. The number of fused-ring (bicyclic) bond motifs is 1. The van der Waals surface area contributed by atoms with Gasteiger partial charge in [-0.15, -0.1) is 11.8 Å². The first-order valence-corrected chi connectivity index (χ1v) is 8.77. The first-order valence-electron chi connectivity index (χ1n) is 6.73. The number of hydrogen-bond donors (Lipinski definition) is 1. The molecule has 0 radical (unpaired) electrons. The standard InChI is InChI=1S/C16H16N2OS2/c1-3-19-11-8-9-13-15(10-11)21-16(18-13)17-12-6-4-5-7-14(12)20-2/h4-10H,3H2,1-2H3,(H,17,18). The molecule has 0 bridgehead atoms. The summed E-state index contributed by atoms with van der Waals surface area (Å²) < 4.78 is 6.66. The summed E-state index contributed by atoms with van der Waals surface area (Å²) in [6.45, 7) is 2.67. The number of rotatable bonds is 5. The number of nitrogens with zero attached hydrogens (tertiary/aromatic N) is 1. The van der Waals surface area contributed by atoms with Crippen molar-refractivity contribution in [1.82, 2.24) is 4.98 Å². The van der Waals surface area contributed by atoms with E-state index >= 15 is 0 Å². The summed E-state index contributed by atoms with van der Waals surface area (Å²) in [4.78, 5) is 5.84. The Labute approximate surface area is 132 Å². The van der Waals surface area contributed by atoms with Gasteiger partial charge in [-0.25, -0.2) is 4.98 Å². The highest BCUT2D eigenvalue weighted by molar-refractivity contribution is 7.98. The molecule has 3 nitrogen and oxygen atoms in total. The lowest BCUT2D eigenvalue weighted by Crippen LogP contribution is -1.91. The molecular weight excluding hydrogens is 300 g/mol. The first-order chi connectivity index (χ1) is 10.3. The van der Waals surface area contributed by atoms with Crippen LogP contribution < -0.4 is 10.1 Å². The molecule has 0 atom stereocenters. The topological polar surface area (TPSA) is 34.1 Å². The Morgan fingerprint density at radius 1 is 1.24 bits per heavy atom. The zero-order valence-corrected chi connectivity index (χ0v) is 13.6. The van der Waals surface area contributed by atoms with E-state index in [2.05, 4.69) is 28.7 Å². The van der Waals surface area contributed by atoms with Gasteiger partial charge in [0.25, 0.3) is 0 Å². The molecule has 1 aromatic heterocycles. The van der Waals surface area contributed by atoms with Crippen LogP contribution in [0.25, 0.3) is 10.2 Å². The van der Waals surface area contributed by atoms with Crippen LogP contribution in [0, 0.1) is 0 Å². The lowest BCUT2D eigenvalue weighted by molar-refractivity contribution is 0.341. The van der Waals surface area contributed by atoms with E-state index in [4.69, 9.17) is 4.74 Å². The number of hydrogen-bond acceptors (Lipinski definition) is 5. The Bertz CT molecular complexity index is 755. The summed E-state index contributed by atoms with van der Waals surface area (Å²) in [6, 6.07) is 14.3. The van der Waals surface area contributed by atoms with E-state index in [1.54, 1.807) is 23.1 Å². The van der Waals surface area contributed by atoms with Gasteiger partial charge in [-0.3, -0.25) is 0 Å². The van der Waals surface area contributed by atoms with E-state index < -0.39 is 0 Å². The third kappa shape index (κ3) is 3.14. The fraction of sp³-hybridized carbons (Fsp3) is 0.188. The summed E-state index contributed by atoms with van der Waals surface area (Å²) in [5.41, 5.74) is 2.08. The fourth-order valence-electron chi connectivity index (χ4n) is 2.08. The molecule has 0 spiro atoms. The van der Waals surface area contributed by atoms with E-state index in [1.807, 2.05) is 37.3 Å². The monoisotopic (exact) mass is 316 g/mol. The predicted molar refractivity (Wildman–Crippen MR) is 92.3 cm³/mol. The molecule has 0 unspecified atom stereocenters. The SMILES string of the molecule is CCOc1ccc2nc(Nc3ccccc3SC)sc2c1. The van der Waals surface area contributed by atoms with E-state index in [0.717, 1.165) is 26.8 Å². The van der Waals surface area contributed by atoms with Crippen molar-refractivity contribution in [3.63, 3.8) is 0 Å². The molecule has 0 saturated heterocycles. The van der Waals surface area contributed by atoms with Crippen molar-refractivity contribution >= 4 is 44.1 Å². The predicted octanol–water partition coefficient (Wildman–Crippen LogP) is 5.16. The summed E-state index contributed by atoms with van der Waals surface area (Å²) >= 11 is 3.36. The molecular formula is C16H16N2OS2. The lowest BCUT2D eigenvalue weighted by atomic mass is 10.3. The van der Waals surface area contributed by atoms with E-state index in [0.29, 0.717) is 6.61 Å². The van der Waals surface area contributed by atoms with Crippen molar-refractivity contribution in [2.24, 2.45) is 0 Å². The van der Waals surface area contributed by atoms with Crippen molar-refractivity contribution < 1.29 is 4.74 Å².